The van der Waals surface area contributed by atoms with E-state index in [1.54, 1.807) is 30.3 Å². The molecule has 0 saturated heterocycles. The van der Waals surface area contributed by atoms with Crippen LogP contribution in [0, 0.1) is 5.82 Å². The van der Waals surface area contributed by atoms with E-state index >= 15 is 0 Å². The lowest BCUT2D eigenvalue weighted by molar-refractivity contribution is 0.627. The molecule has 0 amide bonds. The first kappa shape index (κ1) is 12.7. The zero-order valence-electron chi connectivity index (χ0n) is 8.63. The lowest BCUT2D eigenvalue weighted by atomic mass is 10.0. The summed E-state index contributed by atoms with van der Waals surface area (Å²) in [5.41, 5.74) is 1.64. The van der Waals surface area contributed by atoms with E-state index in [0.717, 1.165) is 11.1 Å². The van der Waals surface area contributed by atoms with Crippen molar-refractivity contribution in [2.24, 2.45) is 0 Å². The molecule has 1 atom stereocenters. The highest BCUT2D eigenvalue weighted by molar-refractivity contribution is 6.42. The minimum Gasteiger partial charge on any atom is -0.207 e. The predicted octanol–water partition coefficient (Wildman–Crippen LogP) is 5.46. The minimum absolute atomic E-state index is 0.285. The van der Waals surface area contributed by atoms with E-state index in [9.17, 15) is 4.39 Å². The molecule has 0 saturated carbocycles. The molecule has 0 radical (unpaired) electrons. The number of alkyl halides is 1. The maximum atomic E-state index is 12.8. The Labute approximate surface area is 114 Å². The topological polar surface area (TPSA) is 0 Å². The van der Waals surface area contributed by atoms with Crippen LogP contribution in [0.4, 0.5) is 4.39 Å². The van der Waals surface area contributed by atoms with Crippen LogP contribution in [-0.4, -0.2) is 0 Å². The fourth-order valence-electron chi connectivity index (χ4n) is 1.49. The van der Waals surface area contributed by atoms with Crippen molar-refractivity contribution in [3.05, 3.63) is 69.5 Å². The van der Waals surface area contributed by atoms with Crippen molar-refractivity contribution in [1.82, 2.24) is 0 Å². The molecule has 88 valence electrons. The SMILES string of the molecule is Fc1ccc([C@@H](Cl)c2ccc(Cl)c(Cl)c2)cc1. The third-order valence-corrected chi connectivity index (χ3v) is 3.64. The average Bonchev–Trinajstić information content (AvgIpc) is 2.33. The Balaban J connectivity index is 2.33. The Morgan fingerprint density at radius 2 is 1.41 bits per heavy atom. The molecule has 0 spiro atoms. The minimum atomic E-state index is -0.370. The molecule has 0 aliphatic carbocycles. The zero-order valence-corrected chi connectivity index (χ0v) is 10.9. The Bertz CT molecular complexity index is 523. The molecule has 2 aromatic rings. The lowest BCUT2D eigenvalue weighted by Gasteiger charge is -2.11. The molecule has 17 heavy (non-hydrogen) atoms. The maximum absolute atomic E-state index is 12.8. The first-order chi connectivity index (χ1) is 8.08. The van der Waals surface area contributed by atoms with Crippen LogP contribution in [0.25, 0.3) is 0 Å². The molecule has 0 nitrogen and oxygen atoms in total. The van der Waals surface area contributed by atoms with Gasteiger partial charge >= 0.3 is 0 Å². The van der Waals surface area contributed by atoms with E-state index in [0.29, 0.717) is 10.0 Å². The fourth-order valence-corrected chi connectivity index (χ4v) is 2.08. The molecule has 0 aromatic heterocycles. The number of benzene rings is 2. The second-order valence-electron chi connectivity index (χ2n) is 3.59. The maximum Gasteiger partial charge on any atom is 0.123 e. The van der Waals surface area contributed by atoms with Crippen molar-refractivity contribution in [3.63, 3.8) is 0 Å². The van der Waals surface area contributed by atoms with Crippen LogP contribution < -0.4 is 0 Å². The highest BCUT2D eigenvalue weighted by Crippen LogP contribution is 2.32. The first-order valence-electron chi connectivity index (χ1n) is 4.92. The number of hydrogen-bond donors (Lipinski definition) is 0. The van der Waals surface area contributed by atoms with E-state index in [4.69, 9.17) is 34.8 Å². The zero-order chi connectivity index (χ0) is 12.4. The summed E-state index contributed by atoms with van der Waals surface area (Å²) in [4.78, 5) is 0. The predicted molar refractivity (Wildman–Crippen MR) is 70.6 cm³/mol. The van der Waals surface area contributed by atoms with Gasteiger partial charge in [0.1, 0.15) is 5.82 Å². The monoisotopic (exact) mass is 288 g/mol. The van der Waals surface area contributed by atoms with Gasteiger partial charge in [0, 0.05) is 0 Å². The highest BCUT2D eigenvalue weighted by Gasteiger charge is 2.12. The highest BCUT2D eigenvalue weighted by atomic mass is 35.5. The second-order valence-corrected chi connectivity index (χ2v) is 4.84. The van der Waals surface area contributed by atoms with E-state index in [-0.39, 0.29) is 11.2 Å². The Morgan fingerprint density at radius 3 is 2.00 bits per heavy atom. The molecule has 4 heteroatoms. The van der Waals surface area contributed by atoms with Gasteiger partial charge < -0.3 is 0 Å². The van der Waals surface area contributed by atoms with Crippen LogP contribution in [0.5, 0.6) is 0 Å². The average molecular weight is 290 g/mol. The summed E-state index contributed by atoms with van der Waals surface area (Å²) in [5, 5.41) is 0.570. The van der Waals surface area contributed by atoms with Gasteiger partial charge in [0.25, 0.3) is 0 Å². The third-order valence-electron chi connectivity index (χ3n) is 2.40. The summed E-state index contributed by atoms with van der Waals surface area (Å²) in [6, 6.07) is 11.3. The van der Waals surface area contributed by atoms with Crippen LogP contribution >= 0.6 is 34.8 Å². The summed E-state index contributed by atoms with van der Waals surface area (Å²) < 4.78 is 12.8. The molecule has 0 aliphatic rings. The van der Waals surface area contributed by atoms with Crippen molar-refractivity contribution < 1.29 is 4.39 Å². The van der Waals surface area contributed by atoms with E-state index in [1.807, 2.05) is 0 Å². The van der Waals surface area contributed by atoms with Gasteiger partial charge in [-0.1, -0.05) is 41.4 Å². The molecule has 0 fully saturated rings. The van der Waals surface area contributed by atoms with Crippen LogP contribution in [0.15, 0.2) is 42.5 Å². The number of hydrogen-bond acceptors (Lipinski definition) is 0. The molecule has 2 aromatic carbocycles. The van der Waals surface area contributed by atoms with Gasteiger partial charge in [-0.05, 0) is 35.4 Å². The summed E-state index contributed by atoms with van der Waals surface area (Å²) in [5.74, 6) is -0.285. The van der Waals surface area contributed by atoms with Crippen LogP contribution in [0.3, 0.4) is 0 Å². The normalized spacial score (nSPS) is 12.5. The molecule has 0 N–H and O–H groups in total. The van der Waals surface area contributed by atoms with Gasteiger partial charge in [-0.3, -0.25) is 0 Å². The van der Waals surface area contributed by atoms with Crippen LogP contribution in [0.2, 0.25) is 10.0 Å². The lowest BCUT2D eigenvalue weighted by Crippen LogP contribution is -1.93. The summed E-state index contributed by atoms with van der Waals surface area (Å²) in [6.07, 6.45) is 0. The Kier molecular flexibility index (Phi) is 3.93. The van der Waals surface area contributed by atoms with Crippen molar-refractivity contribution in [2.45, 2.75) is 5.38 Å². The summed E-state index contributed by atoms with van der Waals surface area (Å²) in [6.45, 7) is 0. The van der Waals surface area contributed by atoms with Gasteiger partial charge in [-0.25, -0.2) is 4.39 Å². The standard InChI is InChI=1S/C13H8Cl3F/c14-11-6-3-9(7-12(11)15)13(16)8-1-4-10(17)5-2-8/h1-7,13H/t13-/m1/s1. The van der Waals surface area contributed by atoms with Crippen molar-refractivity contribution >= 4 is 34.8 Å². The van der Waals surface area contributed by atoms with Crippen molar-refractivity contribution in [1.29, 1.82) is 0 Å². The Morgan fingerprint density at radius 1 is 0.824 bits per heavy atom. The van der Waals surface area contributed by atoms with Gasteiger partial charge in [-0.15, -0.1) is 11.6 Å². The molecule has 0 aliphatic heterocycles. The smallest absolute Gasteiger partial charge is 0.123 e. The second kappa shape index (κ2) is 5.26. The number of halogens is 4. The molecule has 0 bridgehead atoms. The third kappa shape index (κ3) is 2.92. The quantitative estimate of drug-likeness (QED) is 0.644. The molecule has 2 rings (SSSR count). The van der Waals surface area contributed by atoms with Crippen molar-refractivity contribution in [2.75, 3.05) is 0 Å². The van der Waals surface area contributed by atoms with E-state index in [1.165, 1.54) is 12.1 Å². The van der Waals surface area contributed by atoms with Gasteiger partial charge in [0.2, 0.25) is 0 Å². The fraction of sp³-hybridized carbons (Fsp3) is 0.0769. The summed E-state index contributed by atoms with van der Waals surface area (Å²) >= 11 is 18.0. The Hall–Kier alpha value is -0.760. The molecule has 0 unspecified atom stereocenters. The van der Waals surface area contributed by atoms with Crippen LogP contribution in [0.1, 0.15) is 16.5 Å². The van der Waals surface area contributed by atoms with E-state index < -0.39 is 0 Å². The molecule has 0 heterocycles. The van der Waals surface area contributed by atoms with Gasteiger partial charge in [0.05, 0.1) is 15.4 Å². The van der Waals surface area contributed by atoms with Gasteiger partial charge in [0.15, 0.2) is 0 Å². The number of rotatable bonds is 2. The molecular formula is C13H8Cl3F. The molecular weight excluding hydrogens is 282 g/mol. The van der Waals surface area contributed by atoms with Gasteiger partial charge in [-0.2, -0.15) is 0 Å². The van der Waals surface area contributed by atoms with Crippen molar-refractivity contribution in [3.8, 4) is 0 Å². The van der Waals surface area contributed by atoms with E-state index in [2.05, 4.69) is 0 Å². The largest absolute Gasteiger partial charge is 0.207 e. The van der Waals surface area contributed by atoms with Crippen LogP contribution in [-0.2, 0) is 0 Å². The summed E-state index contributed by atoms with van der Waals surface area (Å²) in [7, 11) is 0. The first-order valence-corrected chi connectivity index (χ1v) is 6.11.